The van der Waals surface area contributed by atoms with Crippen molar-refractivity contribution in [3.8, 4) is 0 Å². The fourth-order valence-corrected chi connectivity index (χ4v) is 4.04. The zero-order valence-corrected chi connectivity index (χ0v) is 15.1. The Morgan fingerprint density at radius 3 is 2.76 bits per heavy atom. The highest BCUT2D eigenvalue weighted by molar-refractivity contribution is 7.99. The van der Waals surface area contributed by atoms with Crippen molar-refractivity contribution in [3.05, 3.63) is 64.7 Å². The Kier molecular flexibility index (Phi) is 6.26. The van der Waals surface area contributed by atoms with Crippen molar-refractivity contribution in [1.82, 2.24) is 5.32 Å². The standard InChI is InChI=1S/C20H23NO3S/c1-14-16(20(23)15-5-3-2-4-6-15)7-8-18(25-12-10-22)19(14)17-13-21-9-11-24-17/h2-8,17,21-22H,9-13H2,1H3. The fourth-order valence-electron chi connectivity index (χ4n) is 3.13. The van der Waals surface area contributed by atoms with E-state index in [9.17, 15) is 9.90 Å². The lowest BCUT2D eigenvalue weighted by molar-refractivity contribution is 0.0256. The first kappa shape index (κ1) is 18.1. The molecule has 2 aromatic rings. The molecule has 3 rings (SSSR count). The smallest absolute Gasteiger partial charge is 0.193 e. The second-order valence-electron chi connectivity index (χ2n) is 5.98. The topological polar surface area (TPSA) is 58.6 Å². The number of ketones is 1. The summed E-state index contributed by atoms with van der Waals surface area (Å²) in [7, 11) is 0. The van der Waals surface area contributed by atoms with Crippen molar-refractivity contribution >= 4 is 17.5 Å². The SMILES string of the molecule is Cc1c(C(=O)c2ccccc2)ccc(SCCO)c1C1CNCCO1. The average molecular weight is 357 g/mol. The van der Waals surface area contributed by atoms with Crippen LogP contribution in [0.2, 0.25) is 0 Å². The zero-order valence-electron chi connectivity index (χ0n) is 14.3. The molecular formula is C20H23NO3S. The Hall–Kier alpha value is -1.66. The van der Waals surface area contributed by atoms with Gasteiger partial charge in [-0.05, 0) is 30.2 Å². The van der Waals surface area contributed by atoms with Crippen molar-refractivity contribution < 1.29 is 14.6 Å². The quantitative estimate of drug-likeness (QED) is 0.615. The maximum absolute atomic E-state index is 12.9. The molecule has 1 saturated heterocycles. The van der Waals surface area contributed by atoms with E-state index < -0.39 is 0 Å². The lowest BCUT2D eigenvalue weighted by Crippen LogP contribution is -2.34. The molecular weight excluding hydrogens is 334 g/mol. The minimum atomic E-state index is -0.0709. The lowest BCUT2D eigenvalue weighted by Gasteiger charge is -2.28. The molecule has 0 aromatic heterocycles. The summed E-state index contributed by atoms with van der Waals surface area (Å²) in [6.07, 6.45) is -0.0709. The number of hydrogen-bond acceptors (Lipinski definition) is 5. The Morgan fingerprint density at radius 1 is 1.28 bits per heavy atom. The summed E-state index contributed by atoms with van der Waals surface area (Å²) < 4.78 is 5.96. The maximum Gasteiger partial charge on any atom is 0.193 e. The van der Waals surface area contributed by atoms with E-state index in [0.29, 0.717) is 23.5 Å². The molecule has 1 atom stereocenters. The van der Waals surface area contributed by atoms with Crippen LogP contribution in [0.5, 0.6) is 0 Å². The Morgan fingerprint density at radius 2 is 2.08 bits per heavy atom. The van der Waals surface area contributed by atoms with E-state index >= 15 is 0 Å². The van der Waals surface area contributed by atoms with E-state index in [2.05, 4.69) is 5.32 Å². The summed E-state index contributed by atoms with van der Waals surface area (Å²) in [5.41, 5.74) is 3.43. The molecule has 1 heterocycles. The normalized spacial score (nSPS) is 17.4. The van der Waals surface area contributed by atoms with Gasteiger partial charge in [0.05, 0.1) is 19.3 Å². The third kappa shape index (κ3) is 4.12. The third-order valence-corrected chi connectivity index (χ3v) is 5.41. The number of ether oxygens (including phenoxy) is 1. The molecule has 1 fully saturated rings. The molecule has 0 amide bonds. The van der Waals surface area contributed by atoms with Crippen LogP contribution in [0.4, 0.5) is 0 Å². The highest BCUT2D eigenvalue weighted by Gasteiger charge is 2.24. The summed E-state index contributed by atoms with van der Waals surface area (Å²) in [5, 5.41) is 12.5. The molecule has 4 nitrogen and oxygen atoms in total. The number of morpholine rings is 1. The number of hydrogen-bond donors (Lipinski definition) is 2. The maximum atomic E-state index is 12.9. The van der Waals surface area contributed by atoms with Crippen LogP contribution in [0.25, 0.3) is 0 Å². The molecule has 0 spiro atoms. The van der Waals surface area contributed by atoms with Crippen molar-refractivity contribution in [3.63, 3.8) is 0 Å². The number of carbonyl (C=O) groups is 1. The highest BCUT2D eigenvalue weighted by Crippen LogP contribution is 2.35. The summed E-state index contributed by atoms with van der Waals surface area (Å²) in [6, 6.07) is 13.2. The first-order valence-electron chi connectivity index (χ1n) is 8.51. The molecule has 2 aromatic carbocycles. The molecule has 2 N–H and O–H groups in total. The molecule has 5 heteroatoms. The Bertz CT molecular complexity index is 727. The van der Waals surface area contributed by atoms with Gasteiger partial charge in [-0.25, -0.2) is 0 Å². The van der Waals surface area contributed by atoms with Crippen LogP contribution in [0.3, 0.4) is 0 Å². The summed E-state index contributed by atoms with van der Waals surface area (Å²) in [5.74, 6) is 0.653. The van der Waals surface area contributed by atoms with Gasteiger partial charge in [0.25, 0.3) is 0 Å². The van der Waals surface area contributed by atoms with Gasteiger partial charge < -0.3 is 15.2 Å². The number of aliphatic hydroxyl groups is 1. The molecule has 1 aliphatic rings. The molecule has 1 unspecified atom stereocenters. The van der Waals surface area contributed by atoms with E-state index in [4.69, 9.17) is 4.74 Å². The second-order valence-corrected chi connectivity index (χ2v) is 7.12. The van der Waals surface area contributed by atoms with Crippen LogP contribution in [0.1, 0.15) is 33.2 Å². The van der Waals surface area contributed by atoms with Gasteiger partial charge in [0.2, 0.25) is 0 Å². The first-order valence-corrected chi connectivity index (χ1v) is 9.50. The summed E-state index contributed by atoms with van der Waals surface area (Å²) in [4.78, 5) is 14.0. The monoisotopic (exact) mass is 357 g/mol. The van der Waals surface area contributed by atoms with E-state index in [0.717, 1.165) is 29.1 Å². The molecule has 0 bridgehead atoms. The van der Waals surface area contributed by atoms with E-state index in [1.807, 2.05) is 49.4 Å². The van der Waals surface area contributed by atoms with Crippen LogP contribution < -0.4 is 5.32 Å². The molecule has 132 valence electrons. The fraction of sp³-hybridized carbons (Fsp3) is 0.350. The number of carbonyl (C=O) groups excluding carboxylic acids is 1. The number of thioether (sulfide) groups is 1. The van der Waals surface area contributed by atoms with Crippen LogP contribution >= 0.6 is 11.8 Å². The number of rotatable bonds is 6. The number of nitrogens with one attached hydrogen (secondary N) is 1. The van der Waals surface area contributed by atoms with Gasteiger partial charge in [-0.15, -0.1) is 11.8 Å². The molecule has 0 radical (unpaired) electrons. The second kappa shape index (κ2) is 8.63. The van der Waals surface area contributed by atoms with Crippen LogP contribution in [0.15, 0.2) is 47.4 Å². The van der Waals surface area contributed by atoms with Gasteiger partial charge in [-0.3, -0.25) is 4.79 Å². The lowest BCUT2D eigenvalue weighted by atomic mass is 9.93. The Labute approximate surface area is 152 Å². The highest BCUT2D eigenvalue weighted by atomic mass is 32.2. The number of benzene rings is 2. The van der Waals surface area contributed by atoms with Crippen molar-refractivity contribution in [2.45, 2.75) is 17.9 Å². The average Bonchev–Trinajstić information content (AvgIpc) is 2.67. The van der Waals surface area contributed by atoms with E-state index in [1.165, 1.54) is 0 Å². The van der Waals surface area contributed by atoms with E-state index in [1.54, 1.807) is 11.8 Å². The minimum absolute atomic E-state index is 0.0295. The molecule has 1 aliphatic heterocycles. The third-order valence-electron chi connectivity index (χ3n) is 4.35. The first-order chi connectivity index (χ1) is 12.2. The van der Waals surface area contributed by atoms with E-state index in [-0.39, 0.29) is 18.5 Å². The number of aliphatic hydroxyl groups excluding tert-OH is 1. The van der Waals surface area contributed by atoms with Gasteiger partial charge in [0.1, 0.15) is 0 Å². The minimum Gasteiger partial charge on any atom is -0.396 e. The van der Waals surface area contributed by atoms with Crippen molar-refractivity contribution in [1.29, 1.82) is 0 Å². The van der Waals surface area contributed by atoms with Crippen LogP contribution in [-0.2, 0) is 4.74 Å². The van der Waals surface area contributed by atoms with Crippen molar-refractivity contribution in [2.75, 3.05) is 32.1 Å². The van der Waals surface area contributed by atoms with Gasteiger partial charge >= 0.3 is 0 Å². The van der Waals surface area contributed by atoms with Gasteiger partial charge in [-0.1, -0.05) is 30.3 Å². The molecule has 0 aliphatic carbocycles. The predicted octanol–water partition coefficient (Wildman–Crippen LogP) is 2.97. The van der Waals surface area contributed by atoms with Gasteiger partial charge in [0.15, 0.2) is 5.78 Å². The predicted molar refractivity (Wildman–Crippen MR) is 100 cm³/mol. The molecule has 25 heavy (non-hydrogen) atoms. The molecule has 0 saturated carbocycles. The zero-order chi connectivity index (χ0) is 17.6. The summed E-state index contributed by atoms with van der Waals surface area (Å²) in [6.45, 7) is 4.35. The van der Waals surface area contributed by atoms with Gasteiger partial charge in [0, 0.05) is 34.9 Å². The van der Waals surface area contributed by atoms with Crippen LogP contribution in [0, 0.1) is 6.92 Å². The summed E-state index contributed by atoms with van der Waals surface area (Å²) >= 11 is 1.60. The largest absolute Gasteiger partial charge is 0.396 e. The van der Waals surface area contributed by atoms with Gasteiger partial charge in [-0.2, -0.15) is 0 Å². The van der Waals surface area contributed by atoms with Crippen molar-refractivity contribution in [2.24, 2.45) is 0 Å². The Balaban J connectivity index is 2.01. The van der Waals surface area contributed by atoms with Crippen LogP contribution in [-0.4, -0.2) is 42.9 Å².